The maximum atomic E-state index is 12.8. The van der Waals surface area contributed by atoms with Gasteiger partial charge in [0.25, 0.3) is 5.91 Å². The minimum Gasteiger partial charge on any atom is -0.340 e. The van der Waals surface area contributed by atoms with E-state index in [1.807, 2.05) is 67.2 Å². The van der Waals surface area contributed by atoms with Crippen molar-refractivity contribution in [1.29, 1.82) is 0 Å². The number of hydrogen-bond donors (Lipinski definition) is 1. The van der Waals surface area contributed by atoms with Crippen LogP contribution < -0.4 is 5.32 Å². The number of aromatic nitrogens is 3. The standard InChI is InChI=1S/C19H20N4O/c1-13-20-17(14-7-4-3-5-8-14)18(22(13)2)21-19(24)16-9-6-12-23(16)15-10-11-15/h3-9,12,15H,10-11H2,1-2H3,(H,21,24). The zero-order valence-corrected chi connectivity index (χ0v) is 13.9. The number of hydrogen-bond acceptors (Lipinski definition) is 2. The summed E-state index contributed by atoms with van der Waals surface area (Å²) in [6, 6.07) is 14.2. The van der Waals surface area contributed by atoms with Gasteiger partial charge in [-0.3, -0.25) is 4.79 Å². The van der Waals surface area contributed by atoms with Crippen LogP contribution in [0.25, 0.3) is 11.3 Å². The Hall–Kier alpha value is -2.82. The molecule has 0 unspecified atom stereocenters. The molecule has 1 N–H and O–H groups in total. The lowest BCUT2D eigenvalue weighted by molar-refractivity contribution is 0.101. The number of amides is 1. The lowest BCUT2D eigenvalue weighted by Gasteiger charge is -2.11. The summed E-state index contributed by atoms with van der Waals surface area (Å²) in [7, 11) is 1.92. The molecule has 1 aliphatic carbocycles. The molecule has 3 aromatic rings. The first-order valence-corrected chi connectivity index (χ1v) is 8.22. The Morgan fingerprint density at radius 2 is 1.92 bits per heavy atom. The number of carbonyl (C=O) groups excluding carboxylic acids is 1. The summed E-state index contributed by atoms with van der Waals surface area (Å²) in [6.07, 6.45) is 4.28. The average Bonchev–Trinajstić information content (AvgIpc) is 3.26. The summed E-state index contributed by atoms with van der Waals surface area (Å²) in [6.45, 7) is 1.94. The lowest BCUT2D eigenvalue weighted by atomic mass is 10.1. The van der Waals surface area contributed by atoms with Crippen molar-refractivity contribution in [3.05, 3.63) is 60.2 Å². The third-order valence-corrected chi connectivity index (χ3v) is 4.55. The van der Waals surface area contributed by atoms with Gasteiger partial charge in [-0.25, -0.2) is 4.98 Å². The summed E-state index contributed by atoms with van der Waals surface area (Å²) in [5.41, 5.74) is 2.50. The molecule has 1 saturated carbocycles. The second-order valence-electron chi connectivity index (χ2n) is 6.27. The van der Waals surface area contributed by atoms with E-state index in [1.165, 1.54) is 0 Å². The molecule has 2 aromatic heterocycles. The van der Waals surface area contributed by atoms with E-state index in [2.05, 4.69) is 14.9 Å². The number of aryl methyl sites for hydroxylation is 1. The van der Waals surface area contributed by atoms with E-state index in [-0.39, 0.29) is 5.91 Å². The van der Waals surface area contributed by atoms with Gasteiger partial charge in [0.2, 0.25) is 0 Å². The molecule has 24 heavy (non-hydrogen) atoms. The predicted molar refractivity (Wildman–Crippen MR) is 94.0 cm³/mol. The van der Waals surface area contributed by atoms with Gasteiger partial charge in [-0.2, -0.15) is 0 Å². The highest BCUT2D eigenvalue weighted by Gasteiger charge is 2.27. The molecule has 0 atom stereocenters. The molecule has 2 heterocycles. The Balaban J connectivity index is 1.69. The van der Waals surface area contributed by atoms with Crippen LogP contribution in [0.15, 0.2) is 48.7 Å². The van der Waals surface area contributed by atoms with Crippen LogP contribution in [0.4, 0.5) is 5.82 Å². The first kappa shape index (κ1) is 14.8. The van der Waals surface area contributed by atoms with Crippen LogP contribution in [0.3, 0.4) is 0 Å². The summed E-state index contributed by atoms with van der Waals surface area (Å²) in [4.78, 5) is 17.4. The Labute approximate surface area is 140 Å². The van der Waals surface area contributed by atoms with Crippen molar-refractivity contribution in [3.63, 3.8) is 0 Å². The van der Waals surface area contributed by atoms with E-state index in [0.717, 1.165) is 35.7 Å². The Morgan fingerprint density at radius 3 is 2.62 bits per heavy atom. The number of benzene rings is 1. The topological polar surface area (TPSA) is 51.9 Å². The summed E-state index contributed by atoms with van der Waals surface area (Å²) in [5, 5.41) is 3.06. The molecule has 0 aliphatic heterocycles. The molecule has 122 valence electrons. The van der Waals surface area contributed by atoms with Crippen molar-refractivity contribution >= 4 is 11.7 Å². The van der Waals surface area contributed by atoms with E-state index in [1.54, 1.807) is 0 Å². The Kier molecular flexibility index (Phi) is 3.49. The first-order chi connectivity index (χ1) is 11.6. The van der Waals surface area contributed by atoms with E-state index in [9.17, 15) is 4.79 Å². The number of imidazole rings is 1. The zero-order valence-electron chi connectivity index (χ0n) is 13.9. The molecule has 1 amide bonds. The molecule has 1 aromatic carbocycles. The Morgan fingerprint density at radius 1 is 1.17 bits per heavy atom. The van der Waals surface area contributed by atoms with Gasteiger partial charge in [-0.1, -0.05) is 30.3 Å². The summed E-state index contributed by atoms with van der Waals surface area (Å²) >= 11 is 0. The van der Waals surface area contributed by atoms with E-state index < -0.39 is 0 Å². The molecule has 0 bridgehead atoms. The van der Waals surface area contributed by atoms with Gasteiger partial charge in [-0.05, 0) is 31.9 Å². The van der Waals surface area contributed by atoms with Gasteiger partial charge in [0.1, 0.15) is 23.0 Å². The minimum atomic E-state index is -0.0907. The maximum Gasteiger partial charge on any atom is 0.273 e. The molecule has 1 fully saturated rings. The van der Waals surface area contributed by atoms with E-state index >= 15 is 0 Å². The number of nitrogens with zero attached hydrogens (tertiary/aromatic N) is 3. The smallest absolute Gasteiger partial charge is 0.273 e. The molecule has 5 nitrogen and oxygen atoms in total. The van der Waals surface area contributed by atoms with Crippen LogP contribution in [0.5, 0.6) is 0 Å². The van der Waals surface area contributed by atoms with Crippen molar-refractivity contribution in [2.24, 2.45) is 7.05 Å². The van der Waals surface area contributed by atoms with Crippen LogP contribution in [0, 0.1) is 6.92 Å². The maximum absolute atomic E-state index is 12.8. The monoisotopic (exact) mass is 320 g/mol. The second-order valence-corrected chi connectivity index (χ2v) is 6.27. The minimum absolute atomic E-state index is 0.0907. The van der Waals surface area contributed by atoms with Crippen molar-refractivity contribution in [2.75, 3.05) is 5.32 Å². The quantitative estimate of drug-likeness (QED) is 0.795. The predicted octanol–water partition coefficient (Wildman–Crippen LogP) is 3.78. The zero-order chi connectivity index (χ0) is 16.7. The van der Waals surface area contributed by atoms with Gasteiger partial charge in [0, 0.05) is 24.8 Å². The average molecular weight is 320 g/mol. The molecule has 0 spiro atoms. The third-order valence-electron chi connectivity index (χ3n) is 4.55. The highest BCUT2D eigenvalue weighted by atomic mass is 16.2. The van der Waals surface area contributed by atoms with Crippen LogP contribution in [-0.2, 0) is 7.05 Å². The fourth-order valence-electron chi connectivity index (χ4n) is 2.98. The molecular formula is C19H20N4O. The van der Waals surface area contributed by atoms with Crippen molar-refractivity contribution in [3.8, 4) is 11.3 Å². The molecule has 4 rings (SSSR count). The SMILES string of the molecule is Cc1nc(-c2ccccc2)c(NC(=O)c2cccn2C2CC2)n1C. The highest BCUT2D eigenvalue weighted by Crippen LogP contribution is 2.36. The van der Waals surface area contributed by atoms with Gasteiger partial charge in [0.15, 0.2) is 0 Å². The number of carbonyl (C=O) groups is 1. The van der Waals surface area contributed by atoms with Gasteiger partial charge in [0.05, 0.1) is 0 Å². The van der Waals surface area contributed by atoms with Crippen LogP contribution in [0.2, 0.25) is 0 Å². The molecule has 0 saturated heterocycles. The van der Waals surface area contributed by atoms with Crippen LogP contribution in [0.1, 0.15) is 35.2 Å². The highest BCUT2D eigenvalue weighted by molar-refractivity contribution is 6.04. The summed E-state index contributed by atoms with van der Waals surface area (Å²) in [5.74, 6) is 1.50. The normalized spacial score (nSPS) is 13.9. The largest absolute Gasteiger partial charge is 0.340 e. The van der Waals surface area contributed by atoms with Crippen molar-refractivity contribution < 1.29 is 4.79 Å². The molecular weight excluding hydrogens is 300 g/mol. The second kappa shape index (κ2) is 5.67. The van der Waals surface area contributed by atoms with Crippen LogP contribution in [-0.4, -0.2) is 20.0 Å². The molecule has 5 heteroatoms. The fourth-order valence-corrected chi connectivity index (χ4v) is 2.98. The number of rotatable bonds is 4. The first-order valence-electron chi connectivity index (χ1n) is 8.22. The van der Waals surface area contributed by atoms with Gasteiger partial charge >= 0.3 is 0 Å². The van der Waals surface area contributed by atoms with Crippen LogP contribution >= 0.6 is 0 Å². The summed E-state index contributed by atoms with van der Waals surface area (Å²) < 4.78 is 3.99. The number of nitrogens with one attached hydrogen (secondary N) is 1. The van der Waals surface area contributed by atoms with E-state index in [4.69, 9.17) is 0 Å². The molecule has 0 radical (unpaired) electrons. The van der Waals surface area contributed by atoms with E-state index in [0.29, 0.717) is 11.7 Å². The van der Waals surface area contributed by atoms with Gasteiger partial charge < -0.3 is 14.5 Å². The molecule has 1 aliphatic rings. The van der Waals surface area contributed by atoms with Crippen molar-refractivity contribution in [1.82, 2.24) is 14.1 Å². The van der Waals surface area contributed by atoms with Crippen molar-refractivity contribution in [2.45, 2.75) is 25.8 Å². The lowest BCUT2D eigenvalue weighted by Crippen LogP contribution is -2.18. The third kappa shape index (κ3) is 2.52. The number of anilines is 1. The Bertz CT molecular complexity index is 887. The van der Waals surface area contributed by atoms with Gasteiger partial charge in [-0.15, -0.1) is 0 Å². The fraction of sp³-hybridized carbons (Fsp3) is 0.263.